The summed E-state index contributed by atoms with van der Waals surface area (Å²) in [4.78, 5) is 41.6. The number of rotatable bonds is 4. The van der Waals surface area contributed by atoms with Crippen molar-refractivity contribution in [3.05, 3.63) is 70.8 Å². The maximum atomic E-state index is 13.0. The highest BCUT2D eigenvalue weighted by molar-refractivity contribution is 6.22. The van der Waals surface area contributed by atoms with Crippen molar-refractivity contribution in [2.75, 3.05) is 13.1 Å². The Balaban J connectivity index is 1.55. The van der Waals surface area contributed by atoms with Gasteiger partial charge in [-0.15, -0.1) is 0 Å². The van der Waals surface area contributed by atoms with Gasteiger partial charge in [0.15, 0.2) is 0 Å². The van der Waals surface area contributed by atoms with Gasteiger partial charge in [0.1, 0.15) is 0 Å². The average molecular weight is 391 g/mol. The van der Waals surface area contributed by atoms with E-state index in [1.807, 2.05) is 42.2 Å². The van der Waals surface area contributed by atoms with Crippen LogP contribution in [0.5, 0.6) is 0 Å². The maximum Gasteiger partial charge on any atom is 0.261 e. The molecule has 2 aromatic carbocycles. The second kappa shape index (κ2) is 7.79. The normalized spacial score (nSPS) is 20.0. The molecule has 2 aliphatic heterocycles. The number of likely N-dealkylation sites (tertiary alicyclic amines) is 1. The van der Waals surface area contributed by atoms with Crippen LogP contribution >= 0.6 is 0 Å². The molecule has 1 fully saturated rings. The van der Waals surface area contributed by atoms with Crippen molar-refractivity contribution in [2.24, 2.45) is 11.7 Å². The summed E-state index contributed by atoms with van der Waals surface area (Å²) in [5.74, 6) is -0.495. The van der Waals surface area contributed by atoms with Gasteiger partial charge in [-0.05, 0) is 49.4 Å². The summed E-state index contributed by atoms with van der Waals surface area (Å²) < 4.78 is 0. The Labute approximate surface area is 170 Å². The highest BCUT2D eigenvalue weighted by atomic mass is 16.2. The fraction of sp³-hybridized carbons (Fsp3) is 0.348. The van der Waals surface area contributed by atoms with Crippen molar-refractivity contribution in [3.63, 3.8) is 0 Å². The molecule has 2 N–H and O–H groups in total. The van der Waals surface area contributed by atoms with E-state index in [0.717, 1.165) is 18.4 Å². The van der Waals surface area contributed by atoms with E-state index in [-0.39, 0.29) is 36.2 Å². The molecule has 0 radical (unpaired) electrons. The van der Waals surface area contributed by atoms with Gasteiger partial charge in [-0.1, -0.05) is 30.3 Å². The lowest BCUT2D eigenvalue weighted by Gasteiger charge is -2.34. The van der Waals surface area contributed by atoms with Crippen molar-refractivity contribution in [2.45, 2.75) is 32.4 Å². The minimum absolute atomic E-state index is 0.0383. The Hall–Kier alpha value is -2.99. The molecule has 2 unspecified atom stereocenters. The molecule has 3 amide bonds. The summed E-state index contributed by atoms with van der Waals surface area (Å²) in [6.45, 7) is 3.51. The highest BCUT2D eigenvalue weighted by Gasteiger charge is 2.36. The molecule has 2 aliphatic rings. The van der Waals surface area contributed by atoms with Gasteiger partial charge in [-0.3, -0.25) is 19.3 Å². The molecular weight excluding hydrogens is 366 g/mol. The Bertz CT molecular complexity index is 955. The lowest BCUT2D eigenvalue weighted by atomic mass is 9.91. The minimum Gasteiger partial charge on any atom is -0.338 e. The van der Waals surface area contributed by atoms with Crippen molar-refractivity contribution in [1.29, 1.82) is 0 Å². The van der Waals surface area contributed by atoms with E-state index in [9.17, 15) is 14.4 Å². The van der Waals surface area contributed by atoms with E-state index in [2.05, 4.69) is 0 Å². The number of carbonyl (C=O) groups excluding carboxylic acids is 3. The Morgan fingerprint density at radius 1 is 1.10 bits per heavy atom. The van der Waals surface area contributed by atoms with Gasteiger partial charge >= 0.3 is 0 Å². The SMILES string of the molecule is CC(N)C1CCCN(C(=O)c2ccc3c(c2)C(=O)N(Cc2ccccc2)C3=O)C1. The first-order valence-corrected chi connectivity index (χ1v) is 10.0. The third-order valence-corrected chi connectivity index (χ3v) is 5.89. The predicted octanol–water partition coefficient (Wildman–Crippen LogP) is 2.68. The van der Waals surface area contributed by atoms with Crippen molar-refractivity contribution in [3.8, 4) is 0 Å². The molecular formula is C23H25N3O3. The summed E-state index contributed by atoms with van der Waals surface area (Å²) in [6, 6.07) is 14.2. The van der Waals surface area contributed by atoms with Gasteiger partial charge in [0.25, 0.3) is 17.7 Å². The standard InChI is InChI=1S/C23H25N3O3/c1-15(24)18-8-5-11-25(14-18)21(27)17-9-10-19-20(12-17)23(29)26(22(19)28)13-16-6-3-2-4-7-16/h2-4,6-7,9-10,12,15,18H,5,8,11,13-14,24H2,1H3. The molecule has 1 saturated heterocycles. The maximum absolute atomic E-state index is 13.0. The van der Waals surface area contributed by atoms with Crippen molar-refractivity contribution < 1.29 is 14.4 Å². The average Bonchev–Trinajstić information content (AvgIpc) is 2.98. The molecule has 4 rings (SSSR count). The Morgan fingerprint density at radius 2 is 1.83 bits per heavy atom. The molecule has 0 bridgehead atoms. The molecule has 29 heavy (non-hydrogen) atoms. The van der Waals surface area contributed by atoms with Crippen LogP contribution in [0.3, 0.4) is 0 Å². The van der Waals surface area contributed by atoms with Gasteiger partial charge < -0.3 is 10.6 Å². The Morgan fingerprint density at radius 3 is 2.55 bits per heavy atom. The number of imide groups is 1. The lowest BCUT2D eigenvalue weighted by Crippen LogP contribution is -2.45. The quantitative estimate of drug-likeness (QED) is 0.812. The van der Waals surface area contributed by atoms with Crippen LogP contribution in [0, 0.1) is 5.92 Å². The molecule has 6 nitrogen and oxygen atoms in total. The summed E-state index contributed by atoms with van der Waals surface area (Å²) in [5, 5.41) is 0. The highest BCUT2D eigenvalue weighted by Crippen LogP contribution is 2.27. The molecule has 2 aromatic rings. The third kappa shape index (κ3) is 3.68. The first-order chi connectivity index (χ1) is 14.0. The summed E-state index contributed by atoms with van der Waals surface area (Å²) in [7, 11) is 0. The predicted molar refractivity (Wildman–Crippen MR) is 109 cm³/mol. The van der Waals surface area contributed by atoms with Gasteiger partial charge in [-0.2, -0.15) is 0 Å². The lowest BCUT2D eigenvalue weighted by molar-refractivity contribution is 0.0640. The molecule has 0 aliphatic carbocycles. The number of nitrogens with two attached hydrogens (primary N) is 1. The van der Waals surface area contributed by atoms with Crippen LogP contribution in [0.15, 0.2) is 48.5 Å². The fourth-order valence-electron chi connectivity index (χ4n) is 4.14. The van der Waals surface area contributed by atoms with Gasteiger partial charge in [0.05, 0.1) is 17.7 Å². The van der Waals surface area contributed by atoms with E-state index in [0.29, 0.717) is 29.8 Å². The van der Waals surface area contributed by atoms with E-state index >= 15 is 0 Å². The molecule has 0 spiro atoms. The molecule has 0 saturated carbocycles. The van der Waals surface area contributed by atoms with Gasteiger partial charge in [0, 0.05) is 24.7 Å². The minimum atomic E-state index is -0.351. The summed E-state index contributed by atoms with van der Waals surface area (Å²) in [6.07, 6.45) is 1.94. The van der Waals surface area contributed by atoms with E-state index < -0.39 is 0 Å². The zero-order chi connectivity index (χ0) is 20.5. The first-order valence-electron chi connectivity index (χ1n) is 10.0. The van der Waals surface area contributed by atoms with Crippen LogP contribution in [0.25, 0.3) is 0 Å². The summed E-state index contributed by atoms with van der Waals surface area (Å²) in [5.41, 5.74) is 8.01. The van der Waals surface area contributed by atoms with E-state index in [4.69, 9.17) is 5.73 Å². The largest absolute Gasteiger partial charge is 0.338 e. The molecule has 2 heterocycles. The molecule has 150 valence electrons. The molecule has 2 atom stereocenters. The fourth-order valence-corrected chi connectivity index (χ4v) is 4.14. The van der Waals surface area contributed by atoms with Crippen LogP contribution in [-0.2, 0) is 6.54 Å². The first kappa shape index (κ1) is 19.3. The van der Waals surface area contributed by atoms with Crippen molar-refractivity contribution >= 4 is 17.7 Å². The number of fused-ring (bicyclic) bond motifs is 1. The Kier molecular flexibility index (Phi) is 5.20. The zero-order valence-electron chi connectivity index (χ0n) is 16.5. The number of carbonyl (C=O) groups is 3. The topological polar surface area (TPSA) is 83.7 Å². The number of nitrogens with zero attached hydrogens (tertiary/aromatic N) is 2. The number of hydrogen-bond acceptors (Lipinski definition) is 4. The number of amides is 3. The number of benzene rings is 2. The summed E-state index contributed by atoms with van der Waals surface area (Å²) >= 11 is 0. The van der Waals surface area contributed by atoms with Crippen LogP contribution in [0.4, 0.5) is 0 Å². The molecule has 6 heteroatoms. The monoisotopic (exact) mass is 391 g/mol. The number of piperidine rings is 1. The van der Waals surface area contributed by atoms with Crippen LogP contribution < -0.4 is 5.73 Å². The number of hydrogen-bond donors (Lipinski definition) is 1. The van der Waals surface area contributed by atoms with E-state index in [1.54, 1.807) is 18.2 Å². The van der Waals surface area contributed by atoms with E-state index in [1.165, 1.54) is 4.90 Å². The van der Waals surface area contributed by atoms with Crippen molar-refractivity contribution in [1.82, 2.24) is 9.80 Å². The third-order valence-electron chi connectivity index (χ3n) is 5.89. The second-order valence-electron chi connectivity index (χ2n) is 7.96. The van der Waals surface area contributed by atoms with Gasteiger partial charge in [-0.25, -0.2) is 0 Å². The molecule has 0 aromatic heterocycles. The zero-order valence-corrected chi connectivity index (χ0v) is 16.5. The smallest absolute Gasteiger partial charge is 0.261 e. The van der Waals surface area contributed by atoms with Gasteiger partial charge in [0.2, 0.25) is 0 Å². The van der Waals surface area contributed by atoms with Crippen LogP contribution in [-0.4, -0.2) is 46.7 Å². The van der Waals surface area contributed by atoms with Crippen LogP contribution in [0.2, 0.25) is 0 Å². The van der Waals surface area contributed by atoms with Crippen LogP contribution in [0.1, 0.15) is 56.4 Å². The second-order valence-corrected chi connectivity index (χ2v) is 7.96.